The number of likely N-dealkylation sites (tertiary alicyclic amines) is 1. The fourth-order valence-electron chi connectivity index (χ4n) is 5.55. The van der Waals surface area contributed by atoms with E-state index in [0.29, 0.717) is 11.3 Å². The Morgan fingerprint density at radius 1 is 1.06 bits per heavy atom. The number of ether oxygens (including phenoxy) is 1. The molecule has 0 amide bonds. The van der Waals surface area contributed by atoms with Gasteiger partial charge in [0.25, 0.3) is 0 Å². The topological polar surface area (TPSA) is 24.5 Å². The SMILES string of the molecule is CC1=C(CCC(C)CNCc2ccc(OCCCN3CCCCC3)cc2)C(C)(C)CCC1. The molecule has 1 unspecified atom stereocenters. The molecule has 32 heavy (non-hydrogen) atoms. The molecule has 0 aromatic heterocycles. The number of hydrogen-bond acceptors (Lipinski definition) is 3. The first kappa shape index (κ1) is 25.3. The Balaban J connectivity index is 1.29. The van der Waals surface area contributed by atoms with E-state index >= 15 is 0 Å². The molecule has 1 aliphatic carbocycles. The van der Waals surface area contributed by atoms with Gasteiger partial charge >= 0.3 is 0 Å². The number of nitrogens with one attached hydrogen (secondary N) is 1. The normalized spacial score (nSPS) is 20.4. The predicted octanol–water partition coefficient (Wildman–Crippen LogP) is 6.97. The Labute approximate surface area is 198 Å². The van der Waals surface area contributed by atoms with Gasteiger partial charge in [-0.15, -0.1) is 0 Å². The third kappa shape index (κ3) is 8.23. The highest BCUT2D eigenvalue weighted by molar-refractivity contribution is 5.27. The van der Waals surface area contributed by atoms with Gasteiger partial charge < -0.3 is 15.0 Å². The van der Waals surface area contributed by atoms with Gasteiger partial charge in [-0.1, -0.05) is 50.5 Å². The van der Waals surface area contributed by atoms with E-state index in [1.54, 1.807) is 11.1 Å². The molecule has 1 N–H and O–H groups in total. The van der Waals surface area contributed by atoms with Crippen molar-refractivity contribution in [1.82, 2.24) is 10.2 Å². The molecule has 1 atom stereocenters. The highest BCUT2D eigenvalue weighted by Gasteiger charge is 2.28. The number of piperidine rings is 1. The van der Waals surface area contributed by atoms with Gasteiger partial charge in [-0.2, -0.15) is 0 Å². The van der Waals surface area contributed by atoms with Crippen LogP contribution in [-0.4, -0.2) is 37.7 Å². The number of benzene rings is 1. The number of hydrogen-bond donors (Lipinski definition) is 1. The van der Waals surface area contributed by atoms with Crippen LogP contribution in [0.25, 0.3) is 0 Å². The lowest BCUT2D eigenvalue weighted by Gasteiger charge is -2.35. The van der Waals surface area contributed by atoms with Crippen LogP contribution >= 0.6 is 0 Å². The van der Waals surface area contributed by atoms with Crippen LogP contribution in [0.3, 0.4) is 0 Å². The smallest absolute Gasteiger partial charge is 0.119 e. The summed E-state index contributed by atoms with van der Waals surface area (Å²) >= 11 is 0. The standard InChI is InChI=1S/C29H48N2O/c1-24(11-16-28-25(2)10-8-17-29(28,3)4)22-30-23-26-12-14-27(15-13-26)32-21-9-20-31-18-6-5-7-19-31/h12-15,24,30H,5-11,16-23H2,1-4H3. The van der Waals surface area contributed by atoms with E-state index < -0.39 is 0 Å². The third-order valence-corrected chi connectivity index (χ3v) is 7.65. The summed E-state index contributed by atoms with van der Waals surface area (Å²) in [6.45, 7) is 16.2. The van der Waals surface area contributed by atoms with Gasteiger partial charge in [-0.05, 0) is 107 Å². The Bertz CT molecular complexity index is 700. The van der Waals surface area contributed by atoms with Crippen LogP contribution < -0.4 is 10.1 Å². The second kappa shape index (κ2) is 12.8. The molecular weight excluding hydrogens is 392 g/mol. The summed E-state index contributed by atoms with van der Waals surface area (Å²) in [4.78, 5) is 2.58. The van der Waals surface area contributed by atoms with E-state index in [0.717, 1.165) is 31.9 Å². The molecule has 0 bridgehead atoms. The molecule has 1 fully saturated rings. The average Bonchev–Trinajstić information content (AvgIpc) is 2.78. The van der Waals surface area contributed by atoms with Crippen molar-refractivity contribution in [3.8, 4) is 5.75 Å². The van der Waals surface area contributed by atoms with Crippen molar-refractivity contribution in [2.75, 3.05) is 32.8 Å². The van der Waals surface area contributed by atoms with Gasteiger partial charge in [-0.3, -0.25) is 0 Å². The van der Waals surface area contributed by atoms with Crippen molar-refractivity contribution < 1.29 is 4.74 Å². The van der Waals surface area contributed by atoms with Crippen molar-refractivity contribution in [2.24, 2.45) is 11.3 Å². The average molecular weight is 441 g/mol. The zero-order chi connectivity index (χ0) is 22.8. The lowest BCUT2D eigenvalue weighted by Crippen LogP contribution is -2.31. The summed E-state index contributed by atoms with van der Waals surface area (Å²) in [6.07, 6.45) is 11.8. The van der Waals surface area contributed by atoms with Gasteiger partial charge in [0.15, 0.2) is 0 Å². The molecule has 0 saturated carbocycles. The van der Waals surface area contributed by atoms with Crippen molar-refractivity contribution in [1.29, 1.82) is 0 Å². The van der Waals surface area contributed by atoms with Crippen LogP contribution in [0.15, 0.2) is 35.4 Å². The fraction of sp³-hybridized carbons (Fsp3) is 0.724. The summed E-state index contributed by atoms with van der Waals surface area (Å²) in [5.41, 5.74) is 5.15. The zero-order valence-corrected chi connectivity index (χ0v) is 21.3. The van der Waals surface area contributed by atoms with E-state index in [9.17, 15) is 0 Å². The highest BCUT2D eigenvalue weighted by Crippen LogP contribution is 2.42. The van der Waals surface area contributed by atoms with Crippen LogP contribution in [0.4, 0.5) is 0 Å². The molecule has 1 aliphatic heterocycles. The van der Waals surface area contributed by atoms with Crippen molar-refractivity contribution in [3.05, 3.63) is 41.0 Å². The Kier molecular flexibility index (Phi) is 10.1. The molecule has 2 aliphatic rings. The van der Waals surface area contributed by atoms with Gasteiger partial charge in [0.2, 0.25) is 0 Å². The van der Waals surface area contributed by atoms with Gasteiger partial charge in [0, 0.05) is 13.1 Å². The molecular formula is C29H48N2O. The first-order valence-electron chi connectivity index (χ1n) is 13.3. The van der Waals surface area contributed by atoms with E-state index in [1.165, 1.54) is 76.6 Å². The monoisotopic (exact) mass is 440 g/mol. The first-order chi connectivity index (χ1) is 15.4. The summed E-state index contributed by atoms with van der Waals surface area (Å²) in [5.74, 6) is 1.70. The maximum absolute atomic E-state index is 5.96. The largest absolute Gasteiger partial charge is 0.494 e. The molecule has 1 heterocycles. The van der Waals surface area contributed by atoms with E-state index in [1.807, 2.05) is 0 Å². The van der Waals surface area contributed by atoms with E-state index in [-0.39, 0.29) is 0 Å². The number of rotatable bonds is 12. The summed E-state index contributed by atoms with van der Waals surface area (Å²) in [7, 11) is 0. The number of allylic oxidation sites excluding steroid dienone is 2. The fourth-order valence-corrected chi connectivity index (χ4v) is 5.55. The van der Waals surface area contributed by atoms with Crippen molar-refractivity contribution in [2.45, 2.75) is 92.0 Å². The summed E-state index contributed by atoms with van der Waals surface area (Å²) in [6, 6.07) is 8.66. The second-order valence-electron chi connectivity index (χ2n) is 11.0. The molecule has 1 aromatic rings. The second-order valence-corrected chi connectivity index (χ2v) is 11.0. The first-order valence-corrected chi connectivity index (χ1v) is 13.3. The molecule has 180 valence electrons. The lowest BCUT2D eigenvalue weighted by atomic mass is 9.71. The van der Waals surface area contributed by atoms with Crippen LogP contribution in [0.2, 0.25) is 0 Å². The molecule has 1 aromatic carbocycles. The zero-order valence-electron chi connectivity index (χ0n) is 21.3. The van der Waals surface area contributed by atoms with Crippen molar-refractivity contribution in [3.63, 3.8) is 0 Å². The quantitative estimate of drug-likeness (QED) is 0.280. The molecule has 1 saturated heterocycles. The Morgan fingerprint density at radius 3 is 2.53 bits per heavy atom. The highest BCUT2D eigenvalue weighted by atomic mass is 16.5. The molecule has 3 nitrogen and oxygen atoms in total. The molecule has 0 spiro atoms. The maximum atomic E-state index is 5.96. The van der Waals surface area contributed by atoms with Crippen LogP contribution in [0.5, 0.6) is 5.75 Å². The lowest BCUT2D eigenvalue weighted by molar-refractivity contribution is 0.205. The minimum atomic E-state index is 0.410. The summed E-state index contributed by atoms with van der Waals surface area (Å²) < 4.78 is 5.96. The van der Waals surface area contributed by atoms with Crippen LogP contribution in [0, 0.1) is 11.3 Å². The minimum absolute atomic E-state index is 0.410. The van der Waals surface area contributed by atoms with Gasteiger partial charge in [0.05, 0.1) is 6.61 Å². The van der Waals surface area contributed by atoms with Gasteiger partial charge in [0.1, 0.15) is 5.75 Å². The van der Waals surface area contributed by atoms with Crippen molar-refractivity contribution >= 4 is 0 Å². The van der Waals surface area contributed by atoms with Crippen LogP contribution in [-0.2, 0) is 6.54 Å². The van der Waals surface area contributed by atoms with Crippen LogP contribution in [0.1, 0.15) is 91.0 Å². The Morgan fingerprint density at radius 2 is 1.81 bits per heavy atom. The molecule has 0 radical (unpaired) electrons. The van der Waals surface area contributed by atoms with Gasteiger partial charge in [-0.25, -0.2) is 0 Å². The van der Waals surface area contributed by atoms with E-state index in [2.05, 4.69) is 62.2 Å². The third-order valence-electron chi connectivity index (χ3n) is 7.65. The summed E-state index contributed by atoms with van der Waals surface area (Å²) in [5, 5.41) is 3.67. The minimum Gasteiger partial charge on any atom is -0.494 e. The predicted molar refractivity (Wildman–Crippen MR) is 137 cm³/mol. The van der Waals surface area contributed by atoms with E-state index in [4.69, 9.17) is 4.74 Å². The molecule has 3 heteroatoms. The molecule has 3 rings (SSSR count). The Hall–Kier alpha value is -1.32. The number of nitrogens with zero attached hydrogens (tertiary/aromatic N) is 1. The maximum Gasteiger partial charge on any atom is 0.119 e.